The zero-order valence-electron chi connectivity index (χ0n) is 12.2. The SMILES string of the molecule is CC(CN=C(N)NC1CCCCCC1)c1cccs1.I. The summed E-state index contributed by atoms with van der Waals surface area (Å²) in [5.41, 5.74) is 6.00. The van der Waals surface area contributed by atoms with Crippen molar-refractivity contribution in [2.24, 2.45) is 10.7 Å². The van der Waals surface area contributed by atoms with Gasteiger partial charge in [0, 0.05) is 16.8 Å². The van der Waals surface area contributed by atoms with Gasteiger partial charge in [0.1, 0.15) is 0 Å². The Morgan fingerprint density at radius 1 is 1.40 bits per heavy atom. The lowest BCUT2D eigenvalue weighted by Crippen LogP contribution is -2.40. The average Bonchev–Trinajstić information content (AvgIpc) is 2.82. The summed E-state index contributed by atoms with van der Waals surface area (Å²) < 4.78 is 0. The Kier molecular flexibility index (Phi) is 8.52. The highest BCUT2D eigenvalue weighted by Crippen LogP contribution is 2.20. The van der Waals surface area contributed by atoms with Crippen molar-refractivity contribution in [3.05, 3.63) is 22.4 Å². The molecule has 1 atom stereocenters. The molecule has 0 radical (unpaired) electrons. The van der Waals surface area contributed by atoms with Gasteiger partial charge < -0.3 is 11.1 Å². The van der Waals surface area contributed by atoms with Gasteiger partial charge in [-0.15, -0.1) is 35.3 Å². The van der Waals surface area contributed by atoms with E-state index in [1.807, 2.05) is 0 Å². The third-order valence-corrected chi connectivity index (χ3v) is 4.88. The first kappa shape index (κ1) is 17.8. The van der Waals surface area contributed by atoms with Gasteiger partial charge in [-0.3, -0.25) is 4.99 Å². The molecule has 2 rings (SSSR count). The maximum Gasteiger partial charge on any atom is 0.188 e. The van der Waals surface area contributed by atoms with Gasteiger partial charge in [-0.25, -0.2) is 0 Å². The summed E-state index contributed by atoms with van der Waals surface area (Å²) in [6.07, 6.45) is 7.83. The van der Waals surface area contributed by atoms with Crippen molar-refractivity contribution in [2.45, 2.75) is 57.4 Å². The second-order valence-corrected chi connectivity index (χ2v) is 6.45. The maximum absolute atomic E-state index is 6.00. The lowest BCUT2D eigenvalue weighted by Gasteiger charge is -2.17. The Bertz CT molecular complexity index is 384. The van der Waals surface area contributed by atoms with E-state index in [-0.39, 0.29) is 24.0 Å². The minimum absolute atomic E-state index is 0. The number of hydrogen-bond donors (Lipinski definition) is 2. The summed E-state index contributed by atoms with van der Waals surface area (Å²) in [5.74, 6) is 1.07. The molecule has 5 heteroatoms. The van der Waals surface area contributed by atoms with Crippen molar-refractivity contribution in [1.29, 1.82) is 0 Å². The number of nitrogens with zero attached hydrogens (tertiary/aromatic N) is 1. The largest absolute Gasteiger partial charge is 0.370 e. The topological polar surface area (TPSA) is 50.4 Å². The van der Waals surface area contributed by atoms with Gasteiger partial charge in [0.25, 0.3) is 0 Å². The molecule has 1 heterocycles. The normalized spacial score (nSPS) is 18.9. The van der Waals surface area contributed by atoms with Crippen LogP contribution in [0.3, 0.4) is 0 Å². The number of rotatable bonds is 4. The molecular formula is C15H26IN3S. The number of aliphatic imine (C=N–C) groups is 1. The van der Waals surface area contributed by atoms with E-state index in [0.29, 0.717) is 17.9 Å². The van der Waals surface area contributed by atoms with Gasteiger partial charge in [0.05, 0.1) is 6.54 Å². The monoisotopic (exact) mass is 407 g/mol. The molecule has 0 amide bonds. The Morgan fingerprint density at radius 2 is 2.10 bits per heavy atom. The van der Waals surface area contributed by atoms with Crippen LogP contribution in [0.25, 0.3) is 0 Å². The van der Waals surface area contributed by atoms with Crippen LogP contribution in [0, 0.1) is 0 Å². The Balaban J connectivity index is 0.00000200. The second kappa shape index (κ2) is 9.60. The van der Waals surface area contributed by atoms with E-state index in [1.165, 1.54) is 43.4 Å². The summed E-state index contributed by atoms with van der Waals surface area (Å²) >= 11 is 1.79. The molecule has 0 aromatic carbocycles. The number of guanidine groups is 1. The molecule has 0 aliphatic heterocycles. The molecule has 1 saturated carbocycles. The van der Waals surface area contributed by atoms with E-state index in [1.54, 1.807) is 11.3 Å². The van der Waals surface area contributed by atoms with Crippen LogP contribution in [0.4, 0.5) is 0 Å². The average molecular weight is 407 g/mol. The molecular weight excluding hydrogens is 381 g/mol. The first-order valence-corrected chi connectivity index (χ1v) is 8.23. The summed E-state index contributed by atoms with van der Waals surface area (Å²) in [6, 6.07) is 4.79. The molecule has 0 bridgehead atoms. The molecule has 0 spiro atoms. The molecule has 0 saturated heterocycles. The predicted octanol–water partition coefficient (Wildman–Crippen LogP) is 4.10. The van der Waals surface area contributed by atoms with Crippen molar-refractivity contribution in [1.82, 2.24) is 5.32 Å². The fraction of sp³-hybridized carbons (Fsp3) is 0.667. The zero-order valence-corrected chi connectivity index (χ0v) is 15.3. The Hall–Kier alpha value is -0.300. The minimum Gasteiger partial charge on any atom is -0.370 e. The molecule has 20 heavy (non-hydrogen) atoms. The lowest BCUT2D eigenvalue weighted by atomic mass is 10.1. The van der Waals surface area contributed by atoms with Crippen LogP contribution in [-0.2, 0) is 0 Å². The van der Waals surface area contributed by atoms with Gasteiger partial charge in [-0.2, -0.15) is 0 Å². The van der Waals surface area contributed by atoms with Crippen LogP contribution in [0.2, 0.25) is 0 Å². The number of nitrogens with one attached hydrogen (secondary N) is 1. The van der Waals surface area contributed by atoms with Crippen molar-refractivity contribution < 1.29 is 0 Å². The number of nitrogens with two attached hydrogens (primary N) is 1. The standard InChI is InChI=1S/C15H25N3S.HI/c1-12(14-9-6-10-19-14)11-17-15(16)18-13-7-4-2-3-5-8-13;/h6,9-10,12-13H,2-5,7-8,11H2,1H3,(H3,16,17,18);1H. The molecule has 3 nitrogen and oxygen atoms in total. The Morgan fingerprint density at radius 3 is 2.70 bits per heavy atom. The molecule has 1 aromatic heterocycles. The highest BCUT2D eigenvalue weighted by Gasteiger charge is 2.12. The maximum atomic E-state index is 6.00. The smallest absolute Gasteiger partial charge is 0.188 e. The van der Waals surface area contributed by atoms with Gasteiger partial charge in [0.2, 0.25) is 0 Å². The van der Waals surface area contributed by atoms with Crippen molar-refractivity contribution in [3.8, 4) is 0 Å². The number of thiophene rings is 1. The van der Waals surface area contributed by atoms with Crippen LogP contribution >= 0.6 is 35.3 Å². The summed E-state index contributed by atoms with van der Waals surface area (Å²) in [5, 5.41) is 5.50. The van der Waals surface area contributed by atoms with Crippen molar-refractivity contribution >= 4 is 41.3 Å². The van der Waals surface area contributed by atoms with Gasteiger partial charge >= 0.3 is 0 Å². The van der Waals surface area contributed by atoms with Gasteiger partial charge in [0.15, 0.2) is 5.96 Å². The first-order valence-electron chi connectivity index (χ1n) is 7.35. The fourth-order valence-corrected chi connectivity index (χ4v) is 3.35. The van der Waals surface area contributed by atoms with E-state index >= 15 is 0 Å². The van der Waals surface area contributed by atoms with Crippen LogP contribution < -0.4 is 11.1 Å². The quantitative estimate of drug-likeness (QED) is 0.342. The fourth-order valence-electron chi connectivity index (χ4n) is 2.58. The highest BCUT2D eigenvalue weighted by molar-refractivity contribution is 14.0. The molecule has 1 aromatic rings. The van der Waals surface area contributed by atoms with E-state index in [0.717, 1.165) is 6.54 Å². The minimum atomic E-state index is 0. The van der Waals surface area contributed by atoms with Gasteiger partial charge in [-0.05, 0) is 24.3 Å². The Labute approximate surface area is 143 Å². The molecule has 1 aliphatic carbocycles. The summed E-state index contributed by atoms with van der Waals surface area (Å²) in [7, 11) is 0. The van der Waals surface area contributed by atoms with E-state index in [2.05, 4.69) is 34.7 Å². The zero-order chi connectivity index (χ0) is 13.5. The van der Waals surface area contributed by atoms with E-state index in [9.17, 15) is 0 Å². The van der Waals surface area contributed by atoms with Crippen molar-refractivity contribution in [2.75, 3.05) is 6.54 Å². The number of halogens is 1. The van der Waals surface area contributed by atoms with Crippen LogP contribution in [0.5, 0.6) is 0 Å². The third-order valence-electron chi connectivity index (χ3n) is 3.77. The van der Waals surface area contributed by atoms with Crippen LogP contribution in [-0.4, -0.2) is 18.5 Å². The highest BCUT2D eigenvalue weighted by atomic mass is 127. The predicted molar refractivity (Wildman–Crippen MR) is 99.3 cm³/mol. The molecule has 114 valence electrons. The lowest BCUT2D eigenvalue weighted by molar-refractivity contribution is 0.529. The van der Waals surface area contributed by atoms with Crippen LogP contribution in [0.1, 0.15) is 56.2 Å². The van der Waals surface area contributed by atoms with E-state index in [4.69, 9.17) is 5.73 Å². The van der Waals surface area contributed by atoms with Gasteiger partial charge in [-0.1, -0.05) is 38.7 Å². The molecule has 3 N–H and O–H groups in total. The molecule has 1 aliphatic rings. The summed E-state index contributed by atoms with van der Waals surface area (Å²) in [4.78, 5) is 5.88. The second-order valence-electron chi connectivity index (χ2n) is 5.48. The molecule has 1 fully saturated rings. The van der Waals surface area contributed by atoms with Crippen LogP contribution in [0.15, 0.2) is 22.5 Å². The summed E-state index contributed by atoms with van der Waals surface area (Å²) in [6.45, 7) is 2.97. The van der Waals surface area contributed by atoms with Crippen molar-refractivity contribution in [3.63, 3.8) is 0 Å². The first-order chi connectivity index (χ1) is 9.25. The third kappa shape index (κ3) is 5.99. The van der Waals surface area contributed by atoms with E-state index < -0.39 is 0 Å². The number of hydrogen-bond acceptors (Lipinski definition) is 2. The molecule has 1 unspecified atom stereocenters.